The van der Waals surface area contributed by atoms with Crippen LogP contribution in [0.25, 0.3) is 0 Å². The van der Waals surface area contributed by atoms with Crippen molar-refractivity contribution in [2.75, 3.05) is 19.6 Å². The lowest BCUT2D eigenvalue weighted by molar-refractivity contribution is 0.170. The zero-order valence-electron chi connectivity index (χ0n) is 14.6. The average Bonchev–Trinajstić information content (AvgIpc) is 3.35. The first-order valence-corrected chi connectivity index (χ1v) is 9.16. The molecule has 0 spiro atoms. The van der Waals surface area contributed by atoms with Crippen LogP contribution < -0.4 is 5.32 Å². The van der Waals surface area contributed by atoms with Crippen LogP contribution in [0.2, 0.25) is 0 Å². The molecule has 1 aromatic carbocycles. The first kappa shape index (κ1) is 18.4. The number of likely N-dealkylation sites (tertiary alicyclic amines) is 1. The Bertz CT molecular complexity index is 636. The van der Waals surface area contributed by atoms with Crippen LogP contribution in [0.15, 0.2) is 34.9 Å². The minimum Gasteiger partial charge on any atom is -0.338 e. The van der Waals surface area contributed by atoms with Gasteiger partial charge in [0, 0.05) is 25.6 Å². The molecule has 136 valence electrons. The van der Waals surface area contributed by atoms with E-state index in [0.29, 0.717) is 6.04 Å². The van der Waals surface area contributed by atoms with Crippen LogP contribution in [0.4, 0.5) is 0 Å². The maximum Gasteiger partial charge on any atom is 0.240 e. The summed E-state index contributed by atoms with van der Waals surface area (Å²) in [7, 11) is 0. The summed E-state index contributed by atoms with van der Waals surface area (Å²) in [6.07, 6.45) is 6.02. The topological polar surface area (TPSA) is 54.2 Å². The second-order valence-corrected chi connectivity index (χ2v) is 7.17. The van der Waals surface area contributed by atoms with E-state index in [2.05, 4.69) is 32.5 Å². The predicted molar refractivity (Wildman–Crippen MR) is 99.8 cm³/mol. The van der Waals surface area contributed by atoms with Gasteiger partial charge in [-0.25, -0.2) is 0 Å². The van der Waals surface area contributed by atoms with Crippen molar-refractivity contribution >= 4 is 12.4 Å². The van der Waals surface area contributed by atoms with Gasteiger partial charge < -0.3 is 9.84 Å². The van der Waals surface area contributed by atoms with Crippen molar-refractivity contribution in [3.63, 3.8) is 0 Å². The second-order valence-electron chi connectivity index (χ2n) is 7.17. The SMILES string of the molecule is Cl.c1ccc(Cc2noc(CN3CCC(NCC4CC4)CC3)n2)cc1. The molecule has 0 bridgehead atoms. The molecule has 25 heavy (non-hydrogen) atoms. The number of rotatable bonds is 7. The van der Waals surface area contributed by atoms with E-state index in [1.54, 1.807) is 0 Å². The van der Waals surface area contributed by atoms with Gasteiger partial charge in [-0.05, 0) is 43.7 Å². The highest BCUT2D eigenvalue weighted by molar-refractivity contribution is 5.85. The number of nitrogens with one attached hydrogen (secondary N) is 1. The van der Waals surface area contributed by atoms with Crippen LogP contribution >= 0.6 is 12.4 Å². The molecule has 0 atom stereocenters. The molecule has 5 nitrogen and oxygen atoms in total. The minimum atomic E-state index is 0. The van der Waals surface area contributed by atoms with Gasteiger partial charge in [0.05, 0.1) is 6.54 Å². The van der Waals surface area contributed by atoms with Crippen molar-refractivity contribution in [3.05, 3.63) is 47.6 Å². The van der Waals surface area contributed by atoms with E-state index in [1.165, 1.54) is 37.8 Å². The normalized spacial score (nSPS) is 18.9. The lowest BCUT2D eigenvalue weighted by atomic mass is 10.0. The Labute approximate surface area is 155 Å². The maximum atomic E-state index is 5.44. The average molecular weight is 363 g/mol. The Balaban J connectivity index is 0.00000182. The largest absolute Gasteiger partial charge is 0.338 e. The monoisotopic (exact) mass is 362 g/mol. The molecule has 2 heterocycles. The highest BCUT2D eigenvalue weighted by Crippen LogP contribution is 2.28. The fraction of sp³-hybridized carbons (Fsp3) is 0.579. The lowest BCUT2D eigenvalue weighted by Gasteiger charge is -2.31. The molecule has 4 rings (SSSR count). The molecule has 0 radical (unpaired) electrons. The van der Waals surface area contributed by atoms with E-state index in [1.807, 2.05) is 18.2 Å². The molecule has 1 aliphatic carbocycles. The Morgan fingerprint density at radius 1 is 1.08 bits per heavy atom. The molecular weight excluding hydrogens is 336 g/mol. The van der Waals surface area contributed by atoms with Crippen LogP contribution in [0.1, 0.15) is 43.0 Å². The van der Waals surface area contributed by atoms with Gasteiger partial charge in [-0.15, -0.1) is 12.4 Å². The number of aromatic nitrogens is 2. The number of nitrogens with zero attached hydrogens (tertiary/aromatic N) is 3. The van der Waals surface area contributed by atoms with Crippen LogP contribution in [0.5, 0.6) is 0 Å². The molecule has 0 amide bonds. The number of piperidine rings is 1. The van der Waals surface area contributed by atoms with Crippen LogP contribution in [-0.2, 0) is 13.0 Å². The van der Waals surface area contributed by atoms with Gasteiger partial charge in [0.1, 0.15) is 0 Å². The lowest BCUT2D eigenvalue weighted by Crippen LogP contribution is -2.42. The summed E-state index contributed by atoms with van der Waals surface area (Å²) in [6.45, 7) is 4.21. The van der Waals surface area contributed by atoms with E-state index in [4.69, 9.17) is 4.52 Å². The molecule has 1 aliphatic heterocycles. The maximum absolute atomic E-state index is 5.44. The molecule has 0 unspecified atom stereocenters. The van der Waals surface area contributed by atoms with E-state index >= 15 is 0 Å². The number of halogens is 1. The van der Waals surface area contributed by atoms with Crippen molar-refractivity contribution in [1.82, 2.24) is 20.4 Å². The highest BCUT2D eigenvalue weighted by atomic mass is 35.5. The Morgan fingerprint density at radius 2 is 1.84 bits per heavy atom. The van der Waals surface area contributed by atoms with E-state index in [-0.39, 0.29) is 12.4 Å². The van der Waals surface area contributed by atoms with Gasteiger partial charge in [0.25, 0.3) is 0 Å². The zero-order chi connectivity index (χ0) is 16.2. The first-order chi connectivity index (χ1) is 11.8. The van der Waals surface area contributed by atoms with Crippen molar-refractivity contribution in [2.45, 2.75) is 44.7 Å². The van der Waals surface area contributed by atoms with Gasteiger partial charge in [0.15, 0.2) is 5.82 Å². The van der Waals surface area contributed by atoms with Gasteiger partial charge >= 0.3 is 0 Å². The van der Waals surface area contributed by atoms with Crippen LogP contribution in [0, 0.1) is 5.92 Å². The number of hydrogen-bond acceptors (Lipinski definition) is 5. The molecule has 2 aromatic rings. The molecule has 1 saturated carbocycles. The van der Waals surface area contributed by atoms with Crippen molar-refractivity contribution in [3.8, 4) is 0 Å². The Morgan fingerprint density at radius 3 is 2.56 bits per heavy atom. The van der Waals surface area contributed by atoms with E-state index in [0.717, 1.165) is 43.7 Å². The number of hydrogen-bond donors (Lipinski definition) is 1. The molecule has 2 aliphatic rings. The summed E-state index contributed by atoms with van der Waals surface area (Å²) in [5.74, 6) is 2.48. The van der Waals surface area contributed by atoms with Crippen molar-refractivity contribution in [2.24, 2.45) is 5.92 Å². The van der Waals surface area contributed by atoms with Gasteiger partial charge in [-0.3, -0.25) is 4.90 Å². The predicted octanol–water partition coefficient (Wildman–Crippen LogP) is 3.05. The fourth-order valence-corrected chi connectivity index (χ4v) is 3.35. The standard InChI is InChI=1S/C19H26N4O.ClH/c1-2-4-15(5-3-1)12-18-21-19(24-22-18)14-23-10-8-17(9-11-23)20-13-16-6-7-16;/h1-5,16-17,20H,6-14H2;1H. The van der Waals surface area contributed by atoms with Crippen LogP contribution in [0.3, 0.4) is 0 Å². The molecule has 2 fully saturated rings. The van der Waals surface area contributed by atoms with Gasteiger partial charge in [0.2, 0.25) is 5.89 Å². The van der Waals surface area contributed by atoms with E-state index in [9.17, 15) is 0 Å². The molecule has 1 aromatic heterocycles. The summed E-state index contributed by atoms with van der Waals surface area (Å²) in [6, 6.07) is 11.0. The second kappa shape index (κ2) is 8.79. The summed E-state index contributed by atoms with van der Waals surface area (Å²) < 4.78 is 5.44. The fourth-order valence-electron chi connectivity index (χ4n) is 3.35. The Kier molecular flexibility index (Phi) is 6.45. The third-order valence-corrected chi connectivity index (χ3v) is 5.05. The number of benzene rings is 1. The van der Waals surface area contributed by atoms with Crippen molar-refractivity contribution in [1.29, 1.82) is 0 Å². The molecular formula is C19H27ClN4O. The Hall–Kier alpha value is -1.43. The smallest absolute Gasteiger partial charge is 0.240 e. The van der Waals surface area contributed by atoms with Crippen molar-refractivity contribution < 1.29 is 4.52 Å². The van der Waals surface area contributed by atoms with Crippen LogP contribution in [-0.4, -0.2) is 40.7 Å². The molecule has 1 N–H and O–H groups in total. The zero-order valence-corrected chi connectivity index (χ0v) is 15.4. The van der Waals surface area contributed by atoms with E-state index < -0.39 is 0 Å². The third-order valence-electron chi connectivity index (χ3n) is 5.05. The molecule has 1 saturated heterocycles. The first-order valence-electron chi connectivity index (χ1n) is 9.16. The third kappa shape index (κ3) is 5.53. The summed E-state index contributed by atoms with van der Waals surface area (Å²) in [5, 5.41) is 7.84. The summed E-state index contributed by atoms with van der Waals surface area (Å²) >= 11 is 0. The van der Waals surface area contributed by atoms with Gasteiger partial charge in [-0.2, -0.15) is 4.98 Å². The molecule has 6 heteroatoms. The highest BCUT2D eigenvalue weighted by Gasteiger charge is 2.25. The van der Waals surface area contributed by atoms with Gasteiger partial charge in [-0.1, -0.05) is 35.5 Å². The minimum absolute atomic E-state index is 0. The summed E-state index contributed by atoms with van der Waals surface area (Å²) in [5.41, 5.74) is 1.22. The quantitative estimate of drug-likeness (QED) is 0.820. The summed E-state index contributed by atoms with van der Waals surface area (Å²) in [4.78, 5) is 6.98.